The molecule has 1 aliphatic heterocycles. The van der Waals surface area contributed by atoms with Crippen molar-refractivity contribution in [1.29, 1.82) is 0 Å². The minimum absolute atomic E-state index is 0.218. The molecule has 3 aromatic rings. The summed E-state index contributed by atoms with van der Waals surface area (Å²) in [6, 6.07) is 6.05. The molecule has 0 saturated carbocycles. The molecule has 1 aromatic carbocycles. The van der Waals surface area contributed by atoms with Crippen molar-refractivity contribution in [2.24, 2.45) is 0 Å². The molecule has 0 bridgehead atoms. The Labute approximate surface area is 284 Å². The highest BCUT2D eigenvalue weighted by atomic mass is 28.4. The maximum Gasteiger partial charge on any atom is 0.297 e. The summed E-state index contributed by atoms with van der Waals surface area (Å²) in [6.45, 7) is 25.4. The lowest BCUT2D eigenvalue weighted by atomic mass is 9.96. The molecule has 3 heterocycles. The maximum atomic E-state index is 6.46. The molecule has 0 radical (unpaired) electrons. The number of benzene rings is 1. The standard InChI is InChI=1S/C36H58N4O5Si2/c1-25-21-26-13-11-15-28(26)32(43-24-42-19-20-46(6,7)8)31(25)29-22-30(41-5)33-34(38-29)39-35(45-33)37-27-14-12-16-40(23-27)17-18-44-47(9,10)36(2,3)4/h21-22,27H,11-20,23-24H2,1-10H3,(H,37,38,39). The van der Waals surface area contributed by atoms with E-state index in [4.69, 9.17) is 33.0 Å². The van der Waals surface area contributed by atoms with Crippen LogP contribution in [0.2, 0.25) is 43.8 Å². The Morgan fingerprint density at radius 2 is 1.83 bits per heavy atom. The van der Waals surface area contributed by atoms with Gasteiger partial charge in [-0.25, -0.2) is 4.98 Å². The number of nitrogens with zero attached hydrogens (tertiary/aromatic N) is 3. The average Bonchev–Trinajstić information content (AvgIpc) is 3.61. The molecule has 47 heavy (non-hydrogen) atoms. The Bertz CT molecular complexity index is 1530. The number of methoxy groups -OCH3 is 1. The number of pyridine rings is 1. The second-order valence-corrected chi connectivity index (χ2v) is 26.6. The van der Waals surface area contributed by atoms with Crippen LogP contribution >= 0.6 is 0 Å². The largest absolute Gasteiger partial charge is 0.493 e. The van der Waals surface area contributed by atoms with Crippen LogP contribution in [-0.2, 0) is 22.0 Å². The van der Waals surface area contributed by atoms with Gasteiger partial charge in [0.05, 0.1) is 12.8 Å². The maximum absolute atomic E-state index is 6.46. The molecule has 1 saturated heterocycles. The van der Waals surface area contributed by atoms with Crippen molar-refractivity contribution in [1.82, 2.24) is 14.9 Å². The number of fused-ring (bicyclic) bond motifs is 2. The number of hydrogen-bond acceptors (Lipinski definition) is 9. The van der Waals surface area contributed by atoms with Crippen LogP contribution in [0, 0.1) is 6.92 Å². The highest BCUT2D eigenvalue weighted by Gasteiger charge is 2.37. The number of aromatic nitrogens is 2. The van der Waals surface area contributed by atoms with Gasteiger partial charge in [-0.2, -0.15) is 4.98 Å². The van der Waals surface area contributed by atoms with E-state index in [9.17, 15) is 0 Å². The zero-order valence-electron chi connectivity index (χ0n) is 30.6. The third-order valence-corrected chi connectivity index (χ3v) is 16.4. The van der Waals surface area contributed by atoms with Gasteiger partial charge < -0.3 is 28.4 Å². The number of piperidine rings is 1. The van der Waals surface area contributed by atoms with Crippen LogP contribution in [0.1, 0.15) is 56.7 Å². The normalized spacial score (nSPS) is 17.7. The number of hydrogen-bond donors (Lipinski definition) is 1. The molecule has 2 aromatic heterocycles. The number of aryl methyl sites for hydroxylation is 2. The van der Waals surface area contributed by atoms with Crippen LogP contribution in [0.3, 0.4) is 0 Å². The van der Waals surface area contributed by atoms with Gasteiger partial charge in [-0.1, -0.05) is 46.5 Å². The molecule has 2 aliphatic rings. The fraction of sp³-hybridized carbons (Fsp3) is 0.667. The third-order valence-electron chi connectivity index (χ3n) is 10.1. The summed E-state index contributed by atoms with van der Waals surface area (Å²) < 4.78 is 31.0. The molecule has 1 N–H and O–H groups in total. The van der Waals surface area contributed by atoms with Crippen molar-refractivity contribution < 1.29 is 23.1 Å². The van der Waals surface area contributed by atoms with Gasteiger partial charge in [0, 0.05) is 52.0 Å². The number of anilines is 1. The molecule has 11 heteroatoms. The molecule has 1 atom stereocenters. The van der Waals surface area contributed by atoms with E-state index in [1.54, 1.807) is 7.11 Å². The van der Waals surface area contributed by atoms with Crippen LogP contribution in [0.4, 0.5) is 6.01 Å². The number of oxazole rings is 1. The smallest absolute Gasteiger partial charge is 0.297 e. The lowest BCUT2D eigenvalue weighted by Crippen LogP contribution is -2.46. The predicted octanol–water partition coefficient (Wildman–Crippen LogP) is 8.28. The van der Waals surface area contributed by atoms with Crippen LogP contribution in [-0.4, -0.2) is 84.1 Å². The van der Waals surface area contributed by atoms with Crippen LogP contribution in [0.5, 0.6) is 11.5 Å². The van der Waals surface area contributed by atoms with E-state index in [1.165, 1.54) is 11.1 Å². The Morgan fingerprint density at radius 1 is 1.04 bits per heavy atom. The highest BCUT2D eigenvalue weighted by molar-refractivity contribution is 6.76. The molecule has 0 amide bonds. The molecule has 5 rings (SSSR count). The first kappa shape index (κ1) is 35.9. The predicted molar refractivity (Wildman–Crippen MR) is 196 cm³/mol. The zero-order chi connectivity index (χ0) is 34.0. The van der Waals surface area contributed by atoms with Crippen molar-refractivity contribution in [2.75, 3.05) is 52.1 Å². The second kappa shape index (κ2) is 14.6. The lowest BCUT2D eigenvalue weighted by Gasteiger charge is -2.38. The second-order valence-electron chi connectivity index (χ2n) is 16.1. The minimum atomic E-state index is -1.75. The fourth-order valence-corrected chi connectivity index (χ4v) is 8.08. The summed E-state index contributed by atoms with van der Waals surface area (Å²) in [5, 5.41) is 3.78. The average molecular weight is 683 g/mol. The van der Waals surface area contributed by atoms with E-state index >= 15 is 0 Å². The van der Waals surface area contributed by atoms with Gasteiger partial charge in [-0.15, -0.1) is 0 Å². The summed E-state index contributed by atoms with van der Waals surface area (Å²) in [7, 11) is -1.27. The molecule has 0 spiro atoms. The quantitative estimate of drug-likeness (QED) is 0.102. The highest BCUT2D eigenvalue weighted by Crippen LogP contribution is 2.43. The van der Waals surface area contributed by atoms with Crippen molar-refractivity contribution in [3.63, 3.8) is 0 Å². The molecular formula is C36H58N4O5Si2. The van der Waals surface area contributed by atoms with Gasteiger partial charge in [0.15, 0.2) is 20.9 Å². The van der Waals surface area contributed by atoms with Gasteiger partial charge in [0.2, 0.25) is 11.2 Å². The fourth-order valence-electron chi connectivity index (χ4n) is 6.29. The number of nitrogens with one attached hydrogen (secondary N) is 1. The van der Waals surface area contributed by atoms with Gasteiger partial charge in [-0.3, -0.25) is 4.90 Å². The Balaban J connectivity index is 1.32. The first-order valence-corrected chi connectivity index (χ1v) is 24.1. The van der Waals surface area contributed by atoms with Gasteiger partial charge >= 0.3 is 0 Å². The zero-order valence-corrected chi connectivity index (χ0v) is 32.6. The SMILES string of the molecule is COc1cc(-c2c(C)cc3c(c2OCOCC[Si](C)(C)C)CCC3)nc2nc(NC3CCCN(CCO[Si](C)(C)C(C)(C)C)C3)oc12. The van der Waals surface area contributed by atoms with Gasteiger partial charge in [0.1, 0.15) is 5.75 Å². The van der Waals surface area contributed by atoms with Crippen LogP contribution < -0.4 is 14.8 Å². The van der Waals surface area contributed by atoms with Crippen LogP contribution in [0.25, 0.3) is 22.5 Å². The lowest BCUT2D eigenvalue weighted by molar-refractivity contribution is 0.0218. The summed E-state index contributed by atoms with van der Waals surface area (Å²) in [5.41, 5.74) is 6.55. The number of likely N-dealkylation sites (tertiary alicyclic amines) is 1. The van der Waals surface area contributed by atoms with Crippen molar-refractivity contribution in [3.8, 4) is 22.8 Å². The summed E-state index contributed by atoms with van der Waals surface area (Å²) in [6.07, 6.45) is 5.36. The van der Waals surface area contributed by atoms with Gasteiger partial charge in [0.25, 0.3) is 6.01 Å². The van der Waals surface area contributed by atoms with Crippen molar-refractivity contribution >= 4 is 33.6 Å². The third kappa shape index (κ3) is 8.78. The minimum Gasteiger partial charge on any atom is -0.493 e. The summed E-state index contributed by atoms with van der Waals surface area (Å²) in [4.78, 5) is 12.3. The van der Waals surface area contributed by atoms with E-state index in [2.05, 4.69) is 76.7 Å². The van der Waals surface area contributed by atoms with Gasteiger partial charge in [-0.05, 0) is 86.4 Å². The molecule has 1 unspecified atom stereocenters. The number of rotatable bonds is 14. The molecule has 1 aliphatic carbocycles. The summed E-state index contributed by atoms with van der Waals surface area (Å²) in [5.74, 6) is 1.48. The first-order chi connectivity index (χ1) is 22.1. The molecular weight excluding hydrogens is 625 g/mol. The molecule has 1 fully saturated rings. The Hall–Kier alpha value is -2.45. The van der Waals surface area contributed by atoms with Crippen molar-refractivity contribution in [2.45, 2.75) is 110 Å². The summed E-state index contributed by atoms with van der Waals surface area (Å²) >= 11 is 0. The molecule has 9 nitrogen and oxygen atoms in total. The van der Waals surface area contributed by atoms with E-state index in [0.717, 1.165) is 93.6 Å². The molecule has 260 valence electrons. The van der Waals surface area contributed by atoms with Crippen LogP contribution in [0.15, 0.2) is 16.5 Å². The first-order valence-electron chi connectivity index (χ1n) is 17.5. The monoisotopic (exact) mass is 682 g/mol. The van der Waals surface area contributed by atoms with E-state index < -0.39 is 16.4 Å². The Kier molecular flexibility index (Phi) is 11.1. The number of ether oxygens (including phenoxy) is 3. The van der Waals surface area contributed by atoms with Crippen molar-refractivity contribution in [3.05, 3.63) is 28.8 Å². The van der Waals surface area contributed by atoms with E-state index in [1.807, 2.05) is 6.07 Å². The van der Waals surface area contributed by atoms with E-state index in [-0.39, 0.29) is 17.9 Å². The topological polar surface area (TPSA) is 91.1 Å². The van der Waals surface area contributed by atoms with E-state index in [0.29, 0.717) is 23.0 Å². The Morgan fingerprint density at radius 3 is 2.55 bits per heavy atom.